The van der Waals surface area contributed by atoms with Gasteiger partial charge in [-0.05, 0) is 42.3 Å². The molecule has 5 nitrogen and oxygen atoms in total. The third kappa shape index (κ3) is 3.07. The number of nitrogens with two attached hydrogens (primary N) is 1. The average molecular weight is 338 g/mol. The Morgan fingerprint density at radius 1 is 1.40 bits per heavy atom. The number of hydrogen-bond donors (Lipinski definition) is 1. The van der Waals surface area contributed by atoms with Gasteiger partial charge < -0.3 is 5.73 Å². The van der Waals surface area contributed by atoms with Crippen LogP contribution in [0.15, 0.2) is 16.7 Å². The number of aromatic nitrogens is 4. The molecule has 2 aromatic heterocycles. The van der Waals surface area contributed by atoms with Crippen LogP contribution in [0, 0.1) is 6.92 Å². The van der Waals surface area contributed by atoms with Gasteiger partial charge in [-0.15, -0.1) is 0 Å². The largest absolute Gasteiger partial charge is 0.322 e. The standard InChI is InChI=1S/C14H20BrN5/c1-4-11-14(15)13(20(5-2)19-11)8-10(16)12-6-7-17-9(3)18-12/h6-7,10H,4-5,8,16H2,1-3H3. The molecular formula is C14H20BrN5. The minimum atomic E-state index is -0.153. The van der Waals surface area contributed by atoms with Crippen molar-refractivity contribution >= 4 is 15.9 Å². The molecule has 0 aliphatic carbocycles. The van der Waals surface area contributed by atoms with E-state index >= 15 is 0 Å². The molecular weight excluding hydrogens is 318 g/mol. The van der Waals surface area contributed by atoms with E-state index in [1.54, 1.807) is 6.20 Å². The second-order valence-electron chi connectivity index (χ2n) is 4.72. The van der Waals surface area contributed by atoms with Crippen molar-refractivity contribution in [2.24, 2.45) is 5.73 Å². The summed E-state index contributed by atoms with van der Waals surface area (Å²) in [5.41, 5.74) is 9.36. The molecule has 0 aliphatic rings. The highest BCUT2D eigenvalue weighted by Crippen LogP contribution is 2.26. The molecule has 0 saturated heterocycles. The fraction of sp³-hybridized carbons (Fsp3) is 0.500. The summed E-state index contributed by atoms with van der Waals surface area (Å²) in [5, 5.41) is 4.59. The van der Waals surface area contributed by atoms with Crippen LogP contribution in [0.2, 0.25) is 0 Å². The van der Waals surface area contributed by atoms with E-state index in [-0.39, 0.29) is 6.04 Å². The fourth-order valence-electron chi connectivity index (χ4n) is 2.21. The highest BCUT2D eigenvalue weighted by molar-refractivity contribution is 9.10. The zero-order valence-electron chi connectivity index (χ0n) is 12.1. The van der Waals surface area contributed by atoms with Crippen LogP contribution in [0.25, 0.3) is 0 Å². The third-order valence-electron chi connectivity index (χ3n) is 3.28. The van der Waals surface area contributed by atoms with Crippen molar-refractivity contribution in [3.63, 3.8) is 0 Å². The summed E-state index contributed by atoms with van der Waals surface area (Å²) in [5.74, 6) is 0.746. The topological polar surface area (TPSA) is 69.6 Å². The van der Waals surface area contributed by atoms with Gasteiger partial charge in [-0.1, -0.05) is 6.92 Å². The van der Waals surface area contributed by atoms with Gasteiger partial charge in [0.2, 0.25) is 0 Å². The van der Waals surface area contributed by atoms with Crippen molar-refractivity contribution in [1.29, 1.82) is 0 Å². The van der Waals surface area contributed by atoms with Gasteiger partial charge in [-0.25, -0.2) is 9.97 Å². The van der Waals surface area contributed by atoms with E-state index in [9.17, 15) is 0 Å². The van der Waals surface area contributed by atoms with Gasteiger partial charge in [-0.3, -0.25) is 4.68 Å². The van der Waals surface area contributed by atoms with Crippen LogP contribution in [-0.4, -0.2) is 19.7 Å². The Kier molecular flexibility index (Phi) is 4.88. The molecule has 0 spiro atoms. The van der Waals surface area contributed by atoms with Gasteiger partial charge in [0.1, 0.15) is 5.82 Å². The Balaban J connectivity index is 2.27. The normalized spacial score (nSPS) is 12.7. The van der Waals surface area contributed by atoms with E-state index in [2.05, 4.69) is 44.8 Å². The Morgan fingerprint density at radius 3 is 2.75 bits per heavy atom. The highest BCUT2D eigenvalue weighted by Gasteiger charge is 2.18. The molecule has 0 bridgehead atoms. The summed E-state index contributed by atoms with van der Waals surface area (Å²) in [7, 11) is 0. The van der Waals surface area contributed by atoms with Crippen LogP contribution in [0.5, 0.6) is 0 Å². The number of aryl methyl sites for hydroxylation is 3. The summed E-state index contributed by atoms with van der Waals surface area (Å²) < 4.78 is 3.08. The molecule has 108 valence electrons. The van der Waals surface area contributed by atoms with Gasteiger partial charge in [0.15, 0.2) is 0 Å². The maximum absolute atomic E-state index is 6.29. The van der Waals surface area contributed by atoms with Crippen LogP contribution in [0.1, 0.15) is 42.8 Å². The second kappa shape index (κ2) is 6.45. The monoisotopic (exact) mass is 337 g/mol. The number of hydrogen-bond acceptors (Lipinski definition) is 4. The van der Waals surface area contributed by atoms with Crippen molar-refractivity contribution in [2.75, 3.05) is 0 Å². The number of rotatable bonds is 5. The van der Waals surface area contributed by atoms with E-state index in [1.807, 2.05) is 17.7 Å². The molecule has 0 aliphatic heterocycles. The smallest absolute Gasteiger partial charge is 0.125 e. The number of nitrogens with zero attached hydrogens (tertiary/aromatic N) is 4. The van der Waals surface area contributed by atoms with Gasteiger partial charge >= 0.3 is 0 Å². The summed E-state index contributed by atoms with van der Waals surface area (Å²) >= 11 is 3.65. The summed E-state index contributed by atoms with van der Waals surface area (Å²) in [6.45, 7) is 6.90. The lowest BCUT2D eigenvalue weighted by atomic mass is 10.1. The average Bonchev–Trinajstić information content (AvgIpc) is 2.75. The Labute approximate surface area is 127 Å². The van der Waals surface area contributed by atoms with Crippen LogP contribution < -0.4 is 5.73 Å². The van der Waals surface area contributed by atoms with E-state index in [0.717, 1.165) is 40.3 Å². The summed E-state index contributed by atoms with van der Waals surface area (Å²) in [4.78, 5) is 8.50. The SMILES string of the molecule is CCc1nn(CC)c(CC(N)c2ccnc(C)n2)c1Br. The lowest BCUT2D eigenvalue weighted by Gasteiger charge is -2.13. The molecule has 2 heterocycles. The predicted octanol–water partition coefficient (Wildman–Crippen LogP) is 2.57. The molecule has 0 saturated carbocycles. The van der Waals surface area contributed by atoms with Crippen molar-refractivity contribution in [3.05, 3.63) is 39.6 Å². The fourth-order valence-corrected chi connectivity index (χ4v) is 2.93. The van der Waals surface area contributed by atoms with E-state index in [0.29, 0.717) is 6.42 Å². The van der Waals surface area contributed by atoms with Gasteiger partial charge in [-0.2, -0.15) is 5.10 Å². The molecule has 2 rings (SSSR count). The second-order valence-corrected chi connectivity index (χ2v) is 5.51. The lowest BCUT2D eigenvalue weighted by Crippen LogP contribution is -2.18. The molecule has 1 atom stereocenters. The first-order valence-electron chi connectivity index (χ1n) is 6.86. The Hall–Kier alpha value is -1.27. The molecule has 0 amide bonds. The predicted molar refractivity (Wildman–Crippen MR) is 82.4 cm³/mol. The van der Waals surface area contributed by atoms with Crippen molar-refractivity contribution in [3.8, 4) is 0 Å². The van der Waals surface area contributed by atoms with E-state index < -0.39 is 0 Å². The molecule has 0 fully saturated rings. The van der Waals surface area contributed by atoms with Gasteiger partial charge in [0.05, 0.1) is 27.6 Å². The van der Waals surface area contributed by atoms with E-state index in [1.165, 1.54) is 0 Å². The van der Waals surface area contributed by atoms with Crippen LogP contribution in [-0.2, 0) is 19.4 Å². The Morgan fingerprint density at radius 2 is 2.15 bits per heavy atom. The van der Waals surface area contributed by atoms with Crippen molar-refractivity contribution in [1.82, 2.24) is 19.7 Å². The van der Waals surface area contributed by atoms with Crippen LogP contribution >= 0.6 is 15.9 Å². The quantitative estimate of drug-likeness (QED) is 0.910. The number of halogens is 1. The molecule has 0 aromatic carbocycles. The van der Waals surface area contributed by atoms with Crippen LogP contribution in [0.4, 0.5) is 0 Å². The lowest BCUT2D eigenvalue weighted by molar-refractivity contribution is 0.578. The van der Waals surface area contributed by atoms with E-state index in [4.69, 9.17) is 5.73 Å². The minimum Gasteiger partial charge on any atom is -0.322 e. The van der Waals surface area contributed by atoms with Crippen molar-refractivity contribution < 1.29 is 0 Å². The third-order valence-corrected chi connectivity index (χ3v) is 4.20. The maximum Gasteiger partial charge on any atom is 0.125 e. The molecule has 1 unspecified atom stereocenters. The molecule has 2 N–H and O–H groups in total. The summed E-state index contributed by atoms with van der Waals surface area (Å²) in [6, 6.07) is 1.72. The zero-order chi connectivity index (χ0) is 14.7. The Bertz CT molecular complexity index is 593. The molecule has 0 radical (unpaired) electrons. The van der Waals surface area contributed by atoms with Crippen molar-refractivity contribution in [2.45, 2.75) is 46.2 Å². The first-order valence-corrected chi connectivity index (χ1v) is 7.65. The highest BCUT2D eigenvalue weighted by atomic mass is 79.9. The molecule has 20 heavy (non-hydrogen) atoms. The minimum absolute atomic E-state index is 0.153. The van der Waals surface area contributed by atoms with Crippen LogP contribution in [0.3, 0.4) is 0 Å². The van der Waals surface area contributed by atoms with Gasteiger partial charge in [0, 0.05) is 19.2 Å². The molecule has 6 heteroatoms. The maximum atomic E-state index is 6.29. The molecule has 2 aromatic rings. The zero-order valence-corrected chi connectivity index (χ0v) is 13.7. The first-order chi connectivity index (χ1) is 9.56. The van der Waals surface area contributed by atoms with Gasteiger partial charge in [0.25, 0.3) is 0 Å². The summed E-state index contributed by atoms with van der Waals surface area (Å²) in [6.07, 6.45) is 3.36. The first kappa shape index (κ1) is 15.1.